The largest absolute Gasteiger partial charge is 0.467 e. The van der Waals surface area contributed by atoms with Crippen molar-refractivity contribution in [2.24, 2.45) is 0 Å². The molecule has 2 heterocycles. The van der Waals surface area contributed by atoms with Gasteiger partial charge in [-0.25, -0.2) is 4.98 Å². The topological polar surface area (TPSA) is 65.7 Å². The Morgan fingerprint density at radius 1 is 1.25 bits per heavy atom. The minimum absolute atomic E-state index is 0.204. The highest BCUT2D eigenvalue weighted by Crippen LogP contribution is 2.15. The van der Waals surface area contributed by atoms with Gasteiger partial charge in [0.25, 0.3) is 0 Å². The van der Waals surface area contributed by atoms with Gasteiger partial charge in [-0.1, -0.05) is 11.6 Å². The van der Waals surface area contributed by atoms with E-state index in [0.29, 0.717) is 16.8 Å². The van der Waals surface area contributed by atoms with Crippen LogP contribution in [0.1, 0.15) is 11.6 Å². The molecule has 2 aromatic rings. The summed E-state index contributed by atoms with van der Waals surface area (Å²) >= 11 is 5.85. The lowest BCUT2D eigenvalue weighted by Gasteiger charge is -2.04. The van der Waals surface area contributed by atoms with Gasteiger partial charge in [0, 0.05) is 6.07 Å². The van der Waals surface area contributed by atoms with Crippen LogP contribution in [0.5, 0.6) is 6.01 Å². The van der Waals surface area contributed by atoms with Crippen LogP contribution in [0.25, 0.3) is 5.82 Å². The van der Waals surface area contributed by atoms with Gasteiger partial charge in [-0.2, -0.15) is 14.6 Å². The third kappa shape index (κ3) is 1.96. The van der Waals surface area contributed by atoms with Crippen molar-refractivity contribution in [3.63, 3.8) is 0 Å². The van der Waals surface area contributed by atoms with Crippen molar-refractivity contribution in [2.45, 2.75) is 13.8 Å². The van der Waals surface area contributed by atoms with E-state index >= 15 is 0 Å². The van der Waals surface area contributed by atoms with Crippen LogP contribution in [-0.2, 0) is 0 Å². The summed E-state index contributed by atoms with van der Waals surface area (Å²) in [5.74, 6) is 1.94. The van der Waals surface area contributed by atoms with E-state index in [9.17, 15) is 0 Å². The second kappa shape index (κ2) is 4.05. The third-order valence-electron chi connectivity index (χ3n) is 1.94. The number of hydrogen-bond acceptors (Lipinski definition) is 5. The van der Waals surface area contributed by atoms with E-state index < -0.39 is 0 Å². The fourth-order valence-corrected chi connectivity index (χ4v) is 1.49. The van der Waals surface area contributed by atoms with E-state index in [2.05, 4.69) is 20.1 Å². The number of rotatable bonds is 2. The van der Waals surface area contributed by atoms with Crippen molar-refractivity contribution in [3.05, 3.63) is 22.9 Å². The molecule has 0 amide bonds. The molecule has 0 saturated carbocycles. The average molecular weight is 240 g/mol. The lowest BCUT2D eigenvalue weighted by molar-refractivity contribution is 0.379. The molecule has 2 aromatic heterocycles. The SMILES string of the molecule is COc1nc(Cl)cc(-n2nc(C)nc2C)n1. The van der Waals surface area contributed by atoms with E-state index in [1.165, 1.54) is 7.11 Å². The first kappa shape index (κ1) is 10.8. The van der Waals surface area contributed by atoms with E-state index in [0.717, 1.165) is 5.82 Å². The van der Waals surface area contributed by atoms with E-state index in [4.69, 9.17) is 16.3 Å². The molecule has 0 N–H and O–H groups in total. The lowest BCUT2D eigenvalue weighted by atomic mass is 10.5. The number of halogens is 1. The van der Waals surface area contributed by atoms with Crippen molar-refractivity contribution < 1.29 is 4.74 Å². The summed E-state index contributed by atoms with van der Waals surface area (Å²) in [5, 5.41) is 4.50. The highest BCUT2D eigenvalue weighted by atomic mass is 35.5. The van der Waals surface area contributed by atoms with E-state index in [1.54, 1.807) is 10.7 Å². The first-order valence-electron chi connectivity index (χ1n) is 4.59. The maximum Gasteiger partial charge on any atom is 0.319 e. The molecule has 0 aliphatic carbocycles. The molecule has 0 aliphatic heterocycles. The Kier molecular flexibility index (Phi) is 2.74. The first-order valence-corrected chi connectivity index (χ1v) is 4.97. The van der Waals surface area contributed by atoms with Crippen LogP contribution in [0.15, 0.2) is 6.07 Å². The highest BCUT2D eigenvalue weighted by Gasteiger charge is 2.09. The molecule has 0 radical (unpaired) electrons. The quantitative estimate of drug-likeness (QED) is 0.740. The van der Waals surface area contributed by atoms with Crippen LogP contribution < -0.4 is 4.74 Å². The number of nitrogens with zero attached hydrogens (tertiary/aromatic N) is 5. The molecule has 0 aromatic carbocycles. The van der Waals surface area contributed by atoms with Crippen molar-refractivity contribution >= 4 is 11.6 Å². The zero-order chi connectivity index (χ0) is 11.7. The summed E-state index contributed by atoms with van der Waals surface area (Å²) in [5.41, 5.74) is 0. The molecule has 16 heavy (non-hydrogen) atoms. The molecule has 0 aliphatic rings. The van der Waals surface area contributed by atoms with Gasteiger partial charge in [-0.3, -0.25) is 0 Å². The molecule has 0 spiro atoms. The molecule has 0 unspecified atom stereocenters. The summed E-state index contributed by atoms with van der Waals surface area (Å²) in [6.45, 7) is 3.64. The zero-order valence-corrected chi connectivity index (χ0v) is 9.86. The third-order valence-corrected chi connectivity index (χ3v) is 2.13. The normalized spacial score (nSPS) is 10.5. The minimum Gasteiger partial charge on any atom is -0.467 e. The summed E-state index contributed by atoms with van der Waals surface area (Å²) in [7, 11) is 1.48. The first-order chi connectivity index (χ1) is 7.60. The lowest BCUT2D eigenvalue weighted by Crippen LogP contribution is -2.04. The highest BCUT2D eigenvalue weighted by molar-refractivity contribution is 6.29. The molecule has 0 bridgehead atoms. The monoisotopic (exact) mass is 239 g/mol. The molecule has 0 saturated heterocycles. The second-order valence-corrected chi connectivity index (χ2v) is 3.54. The predicted molar refractivity (Wildman–Crippen MR) is 58.0 cm³/mol. The van der Waals surface area contributed by atoms with Crippen LogP contribution in [0.4, 0.5) is 0 Å². The summed E-state index contributed by atoms with van der Waals surface area (Å²) in [4.78, 5) is 12.2. The molecule has 84 valence electrons. The van der Waals surface area contributed by atoms with Gasteiger partial charge >= 0.3 is 6.01 Å². The van der Waals surface area contributed by atoms with Gasteiger partial charge in [-0.05, 0) is 13.8 Å². The number of aromatic nitrogens is 5. The van der Waals surface area contributed by atoms with Crippen LogP contribution >= 0.6 is 11.6 Å². The average Bonchev–Trinajstić information content (AvgIpc) is 2.57. The van der Waals surface area contributed by atoms with Gasteiger partial charge in [0.05, 0.1) is 7.11 Å². The standard InChI is InChI=1S/C9H10ClN5O/c1-5-11-6(2)15(14-5)8-4-7(10)12-9(13-8)16-3/h4H,1-3H3. The van der Waals surface area contributed by atoms with Crippen molar-refractivity contribution in [1.82, 2.24) is 24.7 Å². The van der Waals surface area contributed by atoms with Crippen molar-refractivity contribution in [2.75, 3.05) is 7.11 Å². The van der Waals surface area contributed by atoms with Gasteiger partial charge in [0.15, 0.2) is 5.82 Å². The Labute approximate surface area is 97.3 Å². The van der Waals surface area contributed by atoms with Gasteiger partial charge in [0.1, 0.15) is 16.8 Å². The Morgan fingerprint density at radius 2 is 2.00 bits per heavy atom. The molecule has 7 heteroatoms. The summed E-state index contributed by atoms with van der Waals surface area (Å²) in [6.07, 6.45) is 0. The number of ether oxygens (including phenoxy) is 1. The Balaban J connectivity index is 2.55. The van der Waals surface area contributed by atoms with Crippen LogP contribution in [0, 0.1) is 13.8 Å². The molecule has 0 atom stereocenters. The smallest absolute Gasteiger partial charge is 0.319 e. The van der Waals surface area contributed by atoms with Crippen molar-refractivity contribution in [3.8, 4) is 11.8 Å². The minimum atomic E-state index is 0.204. The summed E-state index contributed by atoms with van der Waals surface area (Å²) in [6, 6.07) is 1.81. The van der Waals surface area contributed by atoms with Crippen LogP contribution in [-0.4, -0.2) is 31.8 Å². The molecular weight excluding hydrogens is 230 g/mol. The zero-order valence-electron chi connectivity index (χ0n) is 9.10. The Bertz CT molecular complexity index is 525. The predicted octanol–water partition coefficient (Wildman–Crippen LogP) is 1.34. The van der Waals surface area contributed by atoms with E-state index in [-0.39, 0.29) is 6.01 Å². The van der Waals surface area contributed by atoms with Crippen LogP contribution in [0.2, 0.25) is 5.15 Å². The molecule has 2 rings (SSSR count). The van der Waals surface area contributed by atoms with Gasteiger partial charge in [-0.15, -0.1) is 5.10 Å². The van der Waals surface area contributed by atoms with Crippen LogP contribution in [0.3, 0.4) is 0 Å². The second-order valence-electron chi connectivity index (χ2n) is 3.15. The van der Waals surface area contributed by atoms with Crippen molar-refractivity contribution in [1.29, 1.82) is 0 Å². The molecule has 0 fully saturated rings. The van der Waals surface area contributed by atoms with Gasteiger partial charge < -0.3 is 4.74 Å². The van der Waals surface area contributed by atoms with E-state index in [1.807, 2.05) is 13.8 Å². The Morgan fingerprint density at radius 3 is 2.56 bits per heavy atom. The fourth-order valence-electron chi connectivity index (χ4n) is 1.32. The summed E-state index contributed by atoms with van der Waals surface area (Å²) < 4.78 is 6.52. The maximum atomic E-state index is 5.85. The number of hydrogen-bond donors (Lipinski definition) is 0. The molecule has 6 nitrogen and oxygen atoms in total. The number of aryl methyl sites for hydroxylation is 2. The number of methoxy groups -OCH3 is 1. The Hall–Kier alpha value is -1.69. The van der Waals surface area contributed by atoms with Gasteiger partial charge in [0.2, 0.25) is 0 Å². The fraction of sp³-hybridized carbons (Fsp3) is 0.333. The molecular formula is C9H10ClN5O. The maximum absolute atomic E-state index is 5.85.